The van der Waals surface area contributed by atoms with Crippen molar-refractivity contribution in [2.45, 2.75) is 37.1 Å². The van der Waals surface area contributed by atoms with Crippen molar-refractivity contribution in [1.82, 2.24) is 10.2 Å². The fraction of sp³-hybridized carbons (Fsp3) is 0.429. The molecule has 0 spiro atoms. The number of nitrogens with zero attached hydrogens (tertiary/aromatic N) is 1. The standard InChI is InChI=1S/C21H22Cl2N2O5S/c1-11(21(29)30)24-20(28)12-4-7-25(8-5-12)16(27)3-2-13-10-14-15(26)6-9-31-19(14)18(23)17(13)22/h2-3,10-12H,4-9H2,1H3,(H,24,28)(H,29,30). The molecule has 2 heterocycles. The van der Waals surface area contributed by atoms with E-state index in [1.54, 1.807) is 17.0 Å². The van der Waals surface area contributed by atoms with E-state index in [9.17, 15) is 19.2 Å². The minimum atomic E-state index is -1.09. The van der Waals surface area contributed by atoms with Gasteiger partial charge in [-0.3, -0.25) is 19.2 Å². The topological polar surface area (TPSA) is 104 Å². The quantitative estimate of drug-likeness (QED) is 0.619. The summed E-state index contributed by atoms with van der Waals surface area (Å²) in [5.41, 5.74) is 1.03. The van der Waals surface area contributed by atoms with Crippen molar-refractivity contribution in [3.05, 3.63) is 33.3 Å². The van der Waals surface area contributed by atoms with Gasteiger partial charge in [-0.25, -0.2) is 0 Å². The molecule has 0 saturated carbocycles. The molecule has 1 saturated heterocycles. The average Bonchev–Trinajstić information content (AvgIpc) is 2.75. The van der Waals surface area contributed by atoms with E-state index < -0.39 is 12.0 Å². The number of hydrogen-bond acceptors (Lipinski definition) is 5. The van der Waals surface area contributed by atoms with Crippen LogP contribution in [0.3, 0.4) is 0 Å². The number of benzene rings is 1. The number of carbonyl (C=O) groups excluding carboxylic acids is 3. The second kappa shape index (κ2) is 10.1. The fourth-order valence-electron chi connectivity index (χ4n) is 3.50. The highest BCUT2D eigenvalue weighted by molar-refractivity contribution is 7.99. The summed E-state index contributed by atoms with van der Waals surface area (Å²) in [4.78, 5) is 50.1. The SMILES string of the molecule is CC(NC(=O)C1CCN(C(=O)C=Cc2cc3c(c(Cl)c2Cl)SCCC3=O)CC1)C(=O)O. The molecule has 2 N–H and O–H groups in total. The van der Waals surface area contributed by atoms with E-state index in [0.717, 1.165) is 0 Å². The van der Waals surface area contributed by atoms with Gasteiger partial charge in [0, 0.05) is 47.7 Å². The number of aliphatic carboxylic acids is 1. The molecule has 2 aliphatic heterocycles. The van der Waals surface area contributed by atoms with Gasteiger partial charge in [0.2, 0.25) is 11.8 Å². The zero-order valence-electron chi connectivity index (χ0n) is 16.8. The molecule has 1 unspecified atom stereocenters. The van der Waals surface area contributed by atoms with Crippen molar-refractivity contribution < 1.29 is 24.3 Å². The number of amides is 2. The molecule has 1 aromatic rings. The molecule has 7 nitrogen and oxygen atoms in total. The zero-order chi connectivity index (χ0) is 22.7. The molecular weight excluding hydrogens is 463 g/mol. The van der Waals surface area contributed by atoms with Crippen LogP contribution in [0.25, 0.3) is 6.08 Å². The van der Waals surface area contributed by atoms with Crippen molar-refractivity contribution in [3.63, 3.8) is 0 Å². The third kappa shape index (κ3) is 5.42. The third-order valence-corrected chi connectivity index (χ3v) is 7.49. The molecule has 3 rings (SSSR count). The van der Waals surface area contributed by atoms with Crippen LogP contribution in [0.15, 0.2) is 17.0 Å². The maximum Gasteiger partial charge on any atom is 0.325 e. The smallest absolute Gasteiger partial charge is 0.325 e. The number of ketones is 1. The second-order valence-corrected chi connectivity index (χ2v) is 9.35. The zero-order valence-corrected chi connectivity index (χ0v) is 19.1. The first-order valence-corrected chi connectivity index (χ1v) is 11.6. The number of fused-ring (bicyclic) bond motifs is 1. The Hall–Kier alpha value is -2.03. The van der Waals surface area contributed by atoms with Gasteiger partial charge in [0.25, 0.3) is 0 Å². The number of nitrogens with one attached hydrogen (secondary N) is 1. The van der Waals surface area contributed by atoms with Crippen molar-refractivity contribution in [1.29, 1.82) is 0 Å². The van der Waals surface area contributed by atoms with E-state index >= 15 is 0 Å². The Bertz CT molecular complexity index is 958. The Morgan fingerprint density at radius 3 is 2.58 bits per heavy atom. The first kappa shape index (κ1) is 23.6. The molecule has 10 heteroatoms. The van der Waals surface area contributed by atoms with Crippen LogP contribution in [0.2, 0.25) is 10.0 Å². The van der Waals surface area contributed by atoms with Gasteiger partial charge in [0.15, 0.2) is 5.78 Å². The molecule has 31 heavy (non-hydrogen) atoms. The van der Waals surface area contributed by atoms with Gasteiger partial charge in [-0.05, 0) is 37.5 Å². The van der Waals surface area contributed by atoms with Gasteiger partial charge in [0.05, 0.1) is 10.0 Å². The largest absolute Gasteiger partial charge is 0.480 e. The minimum Gasteiger partial charge on any atom is -0.480 e. The highest BCUT2D eigenvalue weighted by Gasteiger charge is 2.28. The number of rotatable bonds is 5. The lowest BCUT2D eigenvalue weighted by molar-refractivity contribution is -0.142. The Morgan fingerprint density at radius 2 is 1.94 bits per heavy atom. The van der Waals surface area contributed by atoms with Crippen molar-refractivity contribution in [3.8, 4) is 0 Å². The first-order chi connectivity index (χ1) is 14.7. The van der Waals surface area contributed by atoms with E-state index in [1.165, 1.54) is 24.8 Å². The molecule has 1 atom stereocenters. The first-order valence-electron chi connectivity index (χ1n) is 9.87. The van der Waals surface area contributed by atoms with Gasteiger partial charge < -0.3 is 15.3 Å². The van der Waals surface area contributed by atoms with E-state index in [4.69, 9.17) is 28.3 Å². The lowest BCUT2D eigenvalue weighted by Crippen LogP contribution is -2.46. The van der Waals surface area contributed by atoms with Crippen LogP contribution in [0.4, 0.5) is 0 Å². The van der Waals surface area contributed by atoms with Gasteiger partial charge in [-0.1, -0.05) is 23.2 Å². The Morgan fingerprint density at radius 1 is 1.26 bits per heavy atom. The number of likely N-dealkylation sites (tertiary alicyclic amines) is 1. The van der Waals surface area contributed by atoms with Crippen LogP contribution in [0, 0.1) is 5.92 Å². The highest BCUT2D eigenvalue weighted by atomic mass is 35.5. The number of carbonyl (C=O) groups is 4. The van der Waals surface area contributed by atoms with Crippen molar-refractivity contribution >= 4 is 64.6 Å². The van der Waals surface area contributed by atoms with E-state index in [2.05, 4.69) is 5.32 Å². The summed E-state index contributed by atoms with van der Waals surface area (Å²) in [5, 5.41) is 12.0. The van der Waals surface area contributed by atoms with Crippen molar-refractivity contribution in [2.75, 3.05) is 18.8 Å². The van der Waals surface area contributed by atoms with E-state index in [1.807, 2.05) is 0 Å². The number of thioether (sulfide) groups is 1. The average molecular weight is 485 g/mol. The maximum atomic E-state index is 12.6. The lowest BCUT2D eigenvalue weighted by atomic mass is 9.95. The number of carboxylic acids is 1. The molecule has 0 aliphatic carbocycles. The fourth-order valence-corrected chi connectivity index (χ4v) is 5.19. The van der Waals surface area contributed by atoms with Gasteiger partial charge in [-0.2, -0.15) is 0 Å². The van der Waals surface area contributed by atoms with Gasteiger partial charge >= 0.3 is 5.97 Å². The molecule has 0 bridgehead atoms. The molecule has 1 aromatic carbocycles. The predicted molar refractivity (Wildman–Crippen MR) is 120 cm³/mol. The number of halogens is 2. The summed E-state index contributed by atoms with van der Waals surface area (Å²) in [6.45, 7) is 2.18. The summed E-state index contributed by atoms with van der Waals surface area (Å²) >= 11 is 14.2. The summed E-state index contributed by atoms with van der Waals surface area (Å²) < 4.78 is 0. The molecular formula is C21H22Cl2N2O5S. The highest BCUT2D eigenvalue weighted by Crippen LogP contribution is 2.42. The number of hydrogen-bond donors (Lipinski definition) is 2. The summed E-state index contributed by atoms with van der Waals surface area (Å²) in [7, 11) is 0. The summed E-state index contributed by atoms with van der Waals surface area (Å²) in [5.74, 6) is -1.29. The summed E-state index contributed by atoms with van der Waals surface area (Å²) in [6, 6.07) is 0.718. The van der Waals surface area contributed by atoms with Crippen LogP contribution in [-0.4, -0.2) is 58.5 Å². The molecule has 2 aliphatic rings. The lowest BCUT2D eigenvalue weighted by Gasteiger charge is -2.31. The molecule has 166 valence electrons. The van der Waals surface area contributed by atoms with Gasteiger partial charge in [-0.15, -0.1) is 11.8 Å². The van der Waals surface area contributed by atoms with E-state index in [-0.39, 0.29) is 23.5 Å². The Balaban J connectivity index is 1.62. The maximum absolute atomic E-state index is 12.6. The molecule has 1 fully saturated rings. The Kier molecular flexibility index (Phi) is 7.67. The normalized spacial score (nSPS) is 18.0. The van der Waals surface area contributed by atoms with Gasteiger partial charge in [0.1, 0.15) is 6.04 Å². The monoisotopic (exact) mass is 484 g/mol. The summed E-state index contributed by atoms with van der Waals surface area (Å²) in [6.07, 6.45) is 4.28. The number of Topliss-reactive ketones (excluding diaryl/α,β-unsaturated/α-hetero) is 1. The van der Waals surface area contributed by atoms with Crippen LogP contribution < -0.4 is 5.32 Å². The predicted octanol–water partition coefficient (Wildman–Crippen LogP) is 3.51. The van der Waals surface area contributed by atoms with Crippen LogP contribution >= 0.6 is 35.0 Å². The minimum absolute atomic E-state index is 0.00542. The Labute approximate surface area is 194 Å². The second-order valence-electron chi connectivity index (χ2n) is 7.49. The molecule has 0 radical (unpaired) electrons. The molecule has 2 amide bonds. The van der Waals surface area contributed by atoms with Crippen LogP contribution in [0.5, 0.6) is 0 Å². The number of carboxylic acid groups (broad SMARTS) is 1. The third-order valence-electron chi connectivity index (χ3n) is 5.38. The molecule has 0 aromatic heterocycles. The van der Waals surface area contributed by atoms with Crippen LogP contribution in [-0.2, 0) is 14.4 Å². The van der Waals surface area contributed by atoms with Crippen molar-refractivity contribution in [2.24, 2.45) is 5.92 Å². The van der Waals surface area contributed by atoms with Crippen LogP contribution in [0.1, 0.15) is 42.1 Å². The number of piperidine rings is 1. The van der Waals surface area contributed by atoms with E-state index in [0.29, 0.717) is 64.2 Å².